The molecule has 0 radical (unpaired) electrons. The summed E-state index contributed by atoms with van der Waals surface area (Å²) in [5.41, 5.74) is 7.70. The van der Waals surface area contributed by atoms with E-state index in [1.807, 2.05) is 64.0 Å². The predicted molar refractivity (Wildman–Crippen MR) is 165 cm³/mol. The number of benzene rings is 2. The molecule has 218 valence electrons. The molecule has 1 aliphatic rings. The largest absolute Gasteiger partial charge is 0.505 e. The van der Waals surface area contributed by atoms with Crippen LogP contribution in [0.5, 0.6) is 11.5 Å². The molecule has 1 saturated carbocycles. The van der Waals surface area contributed by atoms with Crippen LogP contribution in [0.4, 0.5) is 21.9 Å². The summed E-state index contributed by atoms with van der Waals surface area (Å²) in [6.45, 7) is 5.47. The average Bonchev–Trinajstić information content (AvgIpc) is 3.14. The van der Waals surface area contributed by atoms with E-state index in [4.69, 9.17) is 10.5 Å². The van der Waals surface area contributed by atoms with Gasteiger partial charge in [-0.15, -0.1) is 24.8 Å². The van der Waals surface area contributed by atoms with Gasteiger partial charge in [0.1, 0.15) is 11.5 Å². The van der Waals surface area contributed by atoms with E-state index in [0.29, 0.717) is 17.0 Å². The van der Waals surface area contributed by atoms with E-state index in [1.165, 1.54) is 13.2 Å². The van der Waals surface area contributed by atoms with E-state index in [2.05, 4.69) is 0 Å². The third kappa shape index (κ3) is 7.93. The van der Waals surface area contributed by atoms with E-state index < -0.39 is 17.4 Å². The predicted octanol–water partition coefficient (Wildman–Crippen LogP) is 6.25. The maximum atomic E-state index is 14.4. The molecule has 0 aliphatic heterocycles. The highest BCUT2D eigenvalue weighted by Crippen LogP contribution is 2.42. The number of urea groups is 1. The number of nitrogens with zero attached hydrogens (tertiary/aromatic N) is 3. The summed E-state index contributed by atoms with van der Waals surface area (Å²) in [7, 11) is 5.44. The topological polar surface area (TPSA) is 99.3 Å². The standard InChI is InChI=1S/C29H42N4O4.2ClH/c1-29(2,3)24-17-23(37-6)18-25(27(24)35)33(26(34)19-30)28(36)32(21-11-9-7-8-10-12-21)22-15-13-20(14-16-22)31(4)5;;/h13-18,21,35H,7-12,19,30H2,1-6H3;2*1H. The number of hydrogen-bond donors (Lipinski definition) is 2. The summed E-state index contributed by atoms with van der Waals surface area (Å²) in [5, 5.41) is 11.3. The first-order valence-corrected chi connectivity index (χ1v) is 13.0. The Balaban J connectivity index is 0.00000380. The molecule has 3 amide bonds. The molecular weight excluding hydrogens is 539 g/mol. The molecule has 0 saturated heterocycles. The molecule has 0 unspecified atom stereocenters. The van der Waals surface area contributed by atoms with Crippen LogP contribution in [0.2, 0.25) is 0 Å². The minimum atomic E-state index is -0.600. The van der Waals surface area contributed by atoms with Gasteiger partial charge in [-0.2, -0.15) is 0 Å². The Hall–Kier alpha value is -2.68. The lowest BCUT2D eigenvalue weighted by Gasteiger charge is -2.36. The maximum absolute atomic E-state index is 14.4. The highest BCUT2D eigenvalue weighted by molar-refractivity contribution is 6.21. The molecule has 3 N–H and O–H groups in total. The van der Waals surface area contributed by atoms with Crippen molar-refractivity contribution in [2.24, 2.45) is 5.73 Å². The van der Waals surface area contributed by atoms with Gasteiger partial charge in [0.25, 0.3) is 0 Å². The van der Waals surface area contributed by atoms with Crippen molar-refractivity contribution in [1.82, 2.24) is 0 Å². The van der Waals surface area contributed by atoms with E-state index in [-0.39, 0.29) is 48.8 Å². The Morgan fingerprint density at radius 1 is 0.974 bits per heavy atom. The number of anilines is 3. The Labute approximate surface area is 245 Å². The Morgan fingerprint density at radius 2 is 1.51 bits per heavy atom. The summed E-state index contributed by atoms with van der Waals surface area (Å²) in [6.07, 6.45) is 5.93. The van der Waals surface area contributed by atoms with Crippen molar-refractivity contribution < 1.29 is 19.4 Å². The van der Waals surface area contributed by atoms with E-state index in [1.54, 1.807) is 11.0 Å². The van der Waals surface area contributed by atoms with E-state index >= 15 is 0 Å². The van der Waals surface area contributed by atoms with Gasteiger partial charge in [-0.05, 0) is 48.6 Å². The van der Waals surface area contributed by atoms with Crippen molar-refractivity contribution in [2.75, 3.05) is 42.4 Å². The van der Waals surface area contributed by atoms with Gasteiger partial charge in [-0.25, -0.2) is 9.69 Å². The number of rotatable bonds is 6. The van der Waals surface area contributed by atoms with Gasteiger partial charge in [0.15, 0.2) is 0 Å². The van der Waals surface area contributed by atoms with Crippen LogP contribution in [0.1, 0.15) is 64.9 Å². The first-order chi connectivity index (χ1) is 17.5. The molecular formula is C29H44Cl2N4O4. The first-order valence-electron chi connectivity index (χ1n) is 13.0. The highest BCUT2D eigenvalue weighted by atomic mass is 35.5. The van der Waals surface area contributed by atoms with Crippen molar-refractivity contribution in [2.45, 2.75) is 70.8 Å². The van der Waals surface area contributed by atoms with Crippen LogP contribution in [0.3, 0.4) is 0 Å². The first kappa shape index (κ1) is 34.3. The van der Waals surface area contributed by atoms with Gasteiger partial charge in [0, 0.05) is 43.1 Å². The zero-order chi connectivity index (χ0) is 27.3. The second kappa shape index (κ2) is 14.6. The molecule has 8 nitrogen and oxygen atoms in total. The number of imide groups is 1. The number of nitrogens with two attached hydrogens (primary N) is 1. The van der Waals surface area contributed by atoms with Crippen LogP contribution in [-0.4, -0.2) is 50.8 Å². The second-order valence-corrected chi connectivity index (χ2v) is 10.9. The molecule has 0 spiro atoms. The summed E-state index contributed by atoms with van der Waals surface area (Å²) in [5.74, 6) is -0.291. The molecule has 0 bridgehead atoms. The lowest BCUT2D eigenvalue weighted by molar-refractivity contribution is -0.116. The number of phenolic OH excluding ortho intramolecular Hbond substituents is 1. The molecule has 1 aliphatic carbocycles. The fraction of sp³-hybridized carbons (Fsp3) is 0.517. The Bertz CT molecular complexity index is 1100. The monoisotopic (exact) mass is 582 g/mol. The normalized spacial score (nSPS) is 13.8. The van der Waals surface area contributed by atoms with Gasteiger partial charge < -0.3 is 20.5 Å². The minimum Gasteiger partial charge on any atom is -0.505 e. The number of hydrogen-bond acceptors (Lipinski definition) is 6. The van der Waals surface area contributed by atoms with Crippen molar-refractivity contribution >= 4 is 53.8 Å². The zero-order valence-corrected chi connectivity index (χ0v) is 25.5. The summed E-state index contributed by atoms with van der Waals surface area (Å²) >= 11 is 0. The molecule has 0 atom stereocenters. The van der Waals surface area contributed by atoms with Gasteiger partial charge in [0.2, 0.25) is 5.91 Å². The third-order valence-electron chi connectivity index (χ3n) is 7.00. The fourth-order valence-electron chi connectivity index (χ4n) is 4.90. The number of aromatic hydroxyl groups is 1. The molecule has 2 aromatic carbocycles. The van der Waals surface area contributed by atoms with Crippen molar-refractivity contribution in [1.29, 1.82) is 0 Å². The van der Waals surface area contributed by atoms with Crippen LogP contribution in [0, 0.1) is 0 Å². The smallest absolute Gasteiger partial charge is 0.336 e. The Morgan fingerprint density at radius 3 is 1.97 bits per heavy atom. The molecule has 1 fully saturated rings. The number of halogens is 2. The summed E-state index contributed by atoms with van der Waals surface area (Å²) in [4.78, 5) is 32.4. The van der Waals surface area contributed by atoms with Crippen LogP contribution in [0.25, 0.3) is 0 Å². The van der Waals surface area contributed by atoms with E-state index in [0.717, 1.165) is 49.1 Å². The number of ether oxygens (including phenoxy) is 1. The molecule has 39 heavy (non-hydrogen) atoms. The number of carbonyl (C=O) groups is 2. The lowest BCUT2D eigenvalue weighted by atomic mass is 9.85. The zero-order valence-electron chi connectivity index (χ0n) is 23.9. The van der Waals surface area contributed by atoms with E-state index in [9.17, 15) is 14.7 Å². The van der Waals surface area contributed by atoms with Crippen molar-refractivity contribution in [3.63, 3.8) is 0 Å². The van der Waals surface area contributed by atoms with Crippen LogP contribution < -0.4 is 25.2 Å². The van der Waals surface area contributed by atoms with Gasteiger partial charge >= 0.3 is 6.03 Å². The van der Waals surface area contributed by atoms with Crippen LogP contribution >= 0.6 is 24.8 Å². The average molecular weight is 584 g/mol. The van der Waals surface area contributed by atoms with Gasteiger partial charge in [-0.1, -0.05) is 46.5 Å². The molecule has 0 heterocycles. The Kier molecular flexibility index (Phi) is 12.9. The van der Waals surface area contributed by atoms with Crippen LogP contribution in [-0.2, 0) is 10.2 Å². The molecule has 10 heteroatoms. The second-order valence-electron chi connectivity index (χ2n) is 10.9. The van der Waals surface area contributed by atoms with Gasteiger partial charge in [0.05, 0.1) is 19.3 Å². The van der Waals surface area contributed by atoms with Crippen molar-refractivity contribution in [3.8, 4) is 11.5 Å². The maximum Gasteiger partial charge on any atom is 0.336 e. The SMILES string of the molecule is COc1cc(N(C(=O)CN)C(=O)N(c2ccc(N(C)C)cc2)C2CCCCCC2)c(O)c(C(C)(C)C)c1.Cl.Cl. The molecule has 0 aromatic heterocycles. The van der Waals surface area contributed by atoms with Crippen LogP contribution in [0.15, 0.2) is 36.4 Å². The summed E-state index contributed by atoms with van der Waals surface area (Å²) < 4.78 is 5.49. The number of phenols is 1. The lowest BCUT2D eigenvalue weighted by Crippen LogP contribution is -2.52. The van der Waals surface area contributed by atoms with Gasteiger partial charge in [-0.3, -0.25) is 9.69 Å². The fourth-order valence-corrected chi connectivity index (χ4v) is 4.90. The summed E-state index contributed by atoms with van der Waals surface area (Å²) in [6, 6.07) is 10.4. The number of carbonyl (C=O) groups excluding carboxylic acids is 2. The molecule has 3 rings (SSSR count). The highest BCUT2D eigenvalue weighted by Gasteiger charge is 2.36. The number of amides is 3. The number of methoxy groups -OCH3 is 1. The quantitative estimate of drug-likeness (QED) is 0.390. The van der Waals surface area contributed by atoms with Crippen molar-refractivity contribution in [3.05, 3.63) is 42.0 Å². The minimum absolute atomic E-state index is 0. The molecule has 2 aromatic rings. The third-order valence-corrected chi connectivity index (χ3v) is 7.00.